The normalized spacial score (nSPS) is 19.4. The predicted octanol–water partition coefficient (Wildman–Crippen LogP) is 3.73. The summed E-state index contributed by atoms with van der Waals surface area (Å²) in [5, 5.41) is 0.339. The zero-order valence-corrected chi connectivity index (χ0v) is 15.8. The number of aromatic nitrogens is 1. The Morgan fingerprint density at radius 2 is 2.19 bits per heavy atom. The summed E-state index contributed by atoms with van der Waals surface area (Å²) >= 11 is 11.6. The van der Waals surface area contributed by atoms with E-state index in [1.807, 2.05) is 4.90 Å². The molecule has 0 aliphatic carbocycles. The highest BCUT2D eigenvalue weighted by Crippen LogP contribution is 2.39. The van der Waals surface area contributed by atoms with Gasteiger partial charge >= 0.3 is 0 Å². The largest absolute Gasteiger partial charge is 0.435 e. The Balaban J connectivity index is 1.72. The molecule has 2 fully saturated rings. The van der Waals surface area contributed by atoms with Crippen LogP contribution in [0.3, 0.4) is 0 Å². The lowest BCUT2D eigenvalue weighted by molar-refractivity contribution is -0.120. The molecule has 9 heteroatoms. The molecule has 2 saturated heterocycles. The second-order valence-corrected chi connectivity index (χ2v) is 7.17. The summed E-state index contributed by atoms with van der Waals surface area (Å²) < 4.78 is 20.3. The van der Waals surface area contributed by atoms with Gasteiger partial charge in [0.25, 0.3) is 5.91 Å². The first-order chi connectivity index (χ1) is 13.0. The van der Waals surface area contributed by atoms with Crippen molar-refractivity contribution in [2.24, 2.45) is 0 Å². The third-order valence-corrected chi connectivity index (χ3v) is 5.41. The summed E-state index contributed by atoms with van der Waals surface area (Å²) in [6.07, 6.45) is 4.12. The van der Waals surface area contributed by atoms with E-state index in [2.05, 4.69) is 4.98 Å². The average molecular weight is 407 g/mol. The molecule has 1 aromatic heterocycles. The van der Waals surface area contributed by atoms with E-state index in [9.17, 15) is 9.18 Å². The van der Waals surface area contributed by atoms with E-state index < -0.39 is 5.82 Å². The number of hydrogen-bond acceptors (Lipinski definition) is 5. The maximum absolute atomic E-state index is 14.7. The molecule has 3 heterocycles. The number of nitrogen functional groups attached to an aromatic ring is 1. The Morgan fingerprint density at radius 3 is 2.93 bits per heavy atom. The molecule has 0 unspecified atom stereocenters. The van der Waals surface area contributed by atoms with Gasteiger partial charge in [-0.25, -0.2) is 9.37 Å². The number of fused-ring (bicyclic) bond motifs is 1. The van der Waals surface area contributed by atoms with Crippen molar-refractivity contribution in [1.82, 2.24) is 9.88 Å². The summed E-state index contributed by atoms with van der Waals surface area (Å²) in [5.41, 5.74) is 6.15. The molecule has 27 heavy (non-hydrogen) atoms. The number of nitrogens with zero attached hydrogens (tertiary/aromatic N) is 3. The number of halogens is 2. The van der Waals surface area contributed by atoms with E-state index in [1.165, 1.54) is 17.2 Å². The van der Waals surface area contributed by atoms with Crippen LogP contribution < -0.4 is 15.4 Å². The van der Waals surface area contributed by atoms with Gasteiger partial charge in [0.1, 0.15) is 17.6 Å². The smallest absolute Gasteiger partial charge is 0.256 e. The van der Waals surface area contributed by atoms with Gasteiger partial charge in [0.2, 0.25) is 5.88 Å². The van der Waals surface area contributed by atoms with Gasteiger partial charge in [-0.05, 0) is 49.7 Å². The Hall–Kier alpha value is -2.45. The van der Waals surface area contributed by atoms with Crippen LogP contribution in [0.5, 0.6) is 11.6 Å². The average Bonchev–Trinajstić information content (AvgIpc) is 2.91. The number of carbonyl (C=O) groups excluding carboxylic acids is 1. The van der Waals surface area contributed by atoms with E-state index >= 15 is 0 Å². The van der Waals surface area contributed by atoms with Crippen LogP contribution in [-0.2, 0) is 4.79 Å². The number of carbonyl (C=O) groups is 1. The second kappa shape index (κ2) is 6.94. The number of piperidine rings is 1. The molecule has 2 aliphatic heterocycles. The number of anilines is 2. The second-order valence-electron chi connectivity index (χ2n) is 6.40. The number of nitrogens with two attached hydrogens (primary N) is 1. The monoisotopic (exact) mass is 406 g/mol. The number of ether oxygens (including phenoxy) is 1. The van der Waals surface area contributed by atoms with E-state index in [4.69, 9.17) is 34.3 Å². The van der Waals surface area contributed by atoms with Crippen molar-refractivity contribution >= 4 is 46.2 Å². The molecule has 1 aromatic carbocycles. The summed E-state index contributed by atoms with van der Waals surface area (Å²) in [6.45, 7) is 0.689. The van der Waals surface area contributed by atoms with Crippen molar-refractivity contribution in [2.45, 2.75) is 25.3 Å². The highest BCUT2D eigenvalue weighted by Gasteiger charge is 2.45. The lowest BCUT2D eigenvalue weighted by Gasteiger charge is -2.27. The van der Waals surface area contributed by atoms with Crippen molar-refractivity contribution < 1.29 is 13.9 Å². The number of amides is 1. The fourth-order valence-electron chi connectivity index (χ4n) is 3.37. The maximum Gasteiger partial charge on any atom is 0.256 e. The van der Waals surface area contributed by atoms with Gasteiger partial charge in [0.05, 0.1) is 16.4 Å². The van der Waals surface area contributed by atoms with Crippen molar-refractivity contribution in [2.75, 3.05) is 17.2 Å². The van der Waals surface area contributed by atoms with Crippen molar-refractivity contribution in [3.63, 3.8) is 0 Å². The Bertz CT molecular complexity index is 918. The fraction of sp³-hybridized carbons (Fsp3) is 0.278. The van der Waals surface area contributed by atoms with Crippen LogP contribution in [0.2, 0.25) is 5.02 Å². The van der Waals surface area contributed by atoms with Crippen LogP contribution >= 0.6 is 23.8 Å². The number of hydrogen-bond donors (Lipinski definition) is 1. The topological polar surface area (TPSA) is 71.7 Å². The van der Waals surface area contributed by atoms with Crippen molar-refractivity contribution in [3.05, 3.63) is 41.3 Å². The molecule has 2 N–H and O–H groups in total. The van der Waals surface area contributed by atoms with Crippen LogP contribution in [0.4, 0.5) is 15.8 Å². The zero-order chi connectivity index (χ0) is 19.1. The molecular weight excluding hydrogens is 391 g/mol. The van der Waals surface area contributed by atoms with Crippen LogP contribution in [0.1, 0.15) is 19.3 Å². The highest BCUT2D eigenvalue weighted by atomic mass is 35.5. The SMILES string of the molecule is Nc1cccnc1Oc1cc(N2C(=O)[C@@H]3CCCCN3C2=S)c(F)cc1Cl. The molecule has 0 spiro atoms. The Labute approximate surface area is 165 Å². The number of pyridine rings is 1. The Morgan fingerprint density at radius 1 is 1.37 bits per heavy atom. The number of rotatable bonds is 3. The molecule has 2 aliphatic rings. The number of thiocarbonyl (C=S) groups is 1. The first-order valence-corrected chi connectivity index (χ1v) is 9.28. The minimum atomic E-state index is -0.656. The van der Waals surface area contributed by atoms with Crippen LogP contribution in [0, 0.1) is 5.82 Å². The summed E-state index contributed by atoms with van der Waals surface area (Å²) in [6, 6.07) is 5.40. The molecule has 2 aromatic rings. The number of benzene rings is 1. The van der Waals surface area contributed by atoms with E-state index in [1.54, 1.807) is 12.1 Å². The molecule has 1 amide bonds. The third-order valence-electron chi connectivity index (χ3n) is 4.69. The van der Waals surface area contributed by atoms with Gasteiger partial charge in [0.15, 0.2) is 5.11 Å². The van der Waals surface area contributed by atoms with E-state index in [0.29, 0.717) is 23.8 Å². The van der Waals surface area contributed by atoms with Crippen LogP contribution in [0.25, 0.3) is 0 Å². The molecule has 0 bridgehead atoms. The maximum atomic E-state index is 14.7. The Kier molecular flexibility index (Phi) is 4.61. The summed E-state index contributed by atoms with van der Waals surface area (Å²) in [5.74, 6) is -0.607. The fourth-order valence-corrected chi connectivity index (χ4v) is 3.97. The van der Waals surface area contributed by atoms with Gasteiger partial charge in [-0.1, -0.05) is 11.6 Å². The lowest BCUT2D eigenvalue weighted by Crippen LogP contribution is -2.38. The van der Waals surface area contributed by atoms with E-state index in [0.717, 1.165) is 18.9 Å². The van der Waals surface area contributed by atoms with Gasteiger partial charge in [0, 0.05) is 18.8 Å². The van der Waals surface area contributed by atoms with Crippen LogP contribution in [-0.4, -0.2) is 33.5 Å². The molecule has 1 atom stereocenters. The van der Waals surface area contributed by atoms with Crippen molar-refractivity contribution in [3.8, 4) is 11.6 Å². The quantitative estimate of drug-likeness (QED) is 0.783. The lowest BCUT2D eigenvalue weighted by atomic mass is 10.0. The van der Waals surface area contributed by atoms with Crippen LogP contribution in [0.15, 0.2) is 30.5 Å². The molecule has 4 rings (SSSR count). The van der Waals surface area contributed by atoms with Gasteiger partial charge in [-0.3, -0.25) is 9.69 Å². The van der Waals surface area contributed by atoms with Gasteiger partial charge in [-0.2, -0.15) is 0 Å². The minimum absolute atomic E-state index is 0.00769. The minimum Gasteiger partial charge on any atom is -0.435 e. The zero-order valence-electron chi connectivity index (χ0n) is 14.2. The first-order valence-electron chi connectivity index (χ1n) is 8.49. The molecule has 0 saturated carbocycles. The first kappa shape index (κ1) is 17.9. The highest BCUT2D eigenvalue weighted by molar-refractivity contribution is 7.80. The van der Waals surface area contributed by atoms with Gasteiger partial charge < -0.3 is 15.4 Å². The standard InChI is InChI=1S/C18H16ClFN4O2S/c19-10-8-11(20)14(9-15(10)26-16-12(21)4-3-6-22-16)24-17(25)13-5-1-2-7-23(13)18(24)27/h3-4,6,8-9,13H,1-2,5,7,21H2/t13-/m0/s1. The molecule has 0 radical (unpaired) electrons. The summed E-state index contributed by atoms with van der Waals surface area (Å²) in [4.78, 5) is 20.0. The molecule has 6 nitrogen and oxygen atoms in total. The third kappa shape index (κ3) is 3.08. The summed E-state index contributed by atoms with van der Waals surface area (Å²) in [7, 11) is 0. The van der Waals surface area contributed by atoms with E-state index in [-0.39, 0.29) is 34.3 Å². The predicted molar refractivity (Wildman–Crippen MR) is 105 cm³/mol. The molecular formula is C18H16ClFN4O2S. The van der Waals surface area contributed by atoms with Crippen molar-refractivity contribution in [1.29, 1.82) is 0 Å². The molecule has 140 valence electrons. The van der Waals surface area contributed by atoms with Gasteiger partial charge in [-0.15, -0.1) is 0 Å².